The third-order valence-electron chi connectivity index (χ3n) is 7.76. The van der Waals surface area contributed by atoms with Gasteiger partial charge in [0.1, 0.15) is 0 Å². The SMILES string of the molecule is C=C/C=C\C(=C/C)n1c2c(c3ccccc31)C1=CC1c1c-2c2ccccc2n1C(=C)C1=C[C@H]1COC. The monoisotopic (exact) mass is 468 g/mol. The van der Waals surface area contributed by atoms with Crippen LogP contribution >= 0.6 is 0 Å². The maximum atomic E-state index is 5.42. The zero-order valence-electron chi connectivity index (χ0n) is 20.7. The summed E-state index contributed by atoms with van der Waals surface area (Å²) in [6.45, 7) is 11.3. The van der Waals surface area contributed by atoms with Gasteiger partial charge in [-0.05, 0) is 36.3 Å². The van der Waals surface area contributed by atoms with Crippen molar-refractivity contribution >= 4 is 38.8 Å². The molecule has 3 aliphatic carbocycles. The minimum absolute atomic E-state index is 0.314. The van der Waals surface area contributed by atoms with Gasteiger partial charge in [0.2, 0.25) is 0 Å². The van der Waals surface area contributed by atoms with E-state index in [1.165, 1.54) is 55.5 Å². The summed E-state index contributed by atoms with van der Waals surface area (Å²) in [7, 11) is 1.76. The van der Waals surface area contributed by atoms with Crippen molar-refractivity contribution in [1.82, 2.24) is 9.13 Å². The van der Waals surface area contributed by atoms with Crippen LogP contribution in [0.3, 0.4) is 0 Å². The van der Waals surface area contributed by atoms with Gasteiger partial charge in [-0.3, -0.25) is 0 Å². The van der Waals surface area contributed by atoms with E-state index in [9.17, 15) is 0 Å². The van der Waals surface area contributed by atoms with Crippen molar-refractivity contribution in [1.29, 1.82) is 0 Å². The molecule has 0 N–H and O–H groups in total. The predicted octanol–water partition coefficient (Wildman–Crippen LogP) is 8.03. The van der Waals surface area contributed by atoms with Gasteiger partial charge in [-0.25, -0.2) is 0 Å². The van der Waals surface area contributed by atoms with Gasteiger partial charge in [-0.2, -0.15) is 0 Å². The van der Waals surface area contributed by atoms with Gasteiger partial charge < -0.3 is 13.9 Å². The van der Waals surface area contributed by atoms with Crippen LogP contribution in [-0.2, 0) is 4.74 Å². The Kier molecular flexibility index (Phi) is 4.54. The number of ether oxygens (including phenoxy) is 1. The lowest BCUT2D eigenvalue weighted by Crippen LogP contribution is -2.08. The summed E-state index contributed by atoms with van der Waals surface area (Å²) >= 11 is 0. The summed E-state index contributed by atoms with van der Waals surface area (Å²) in [5.74, 6) is 0.670. The summed E-state index contributed by atoms with van der Waals surface area (Å²) in [4.78, 5) is 0. The Morgan fingerprint density at radius 3 is 2.36 bits per heavy atom. The molecule has 1 unspecified atom stereocenters. The summed E-state index contributed by atoms with van der Waals surface area (Å²) in [6.07, 6.45) is 12.9. The molecule has 0 amide bonds. The Bertz CT molecular complexity index is 1750. The number of hydrogen-bond donors (Lipinski definition) is 0. The van der Waals surface area contributed by atoms with Gasteiger partial charge >= 0.3 is 0 Å². The molecule has 0 radical (unpaired) electrons. The second-order valence-corrected chi connectivity index (χ2v) is 9.73. The molecule has 0 aliphatic heterocycles. The van der Waals surface area contributed by atoms with Crippen molar-refractivity contribution < 1.29 is 4.74 Å². The van der Waals surface area contributed by atoms with E-state index in [2.05, 4.69) is 102 Å². The van der Waals surface area contributed by atoms with Crippen molar-refractivity contribution in [2.45, 2.75) is 12.8 Å². The van der Waals surface area contributed by atoms with Crippen molar-refractivity contribution in [3.8, 4) is 11.3 Å². The third-order valence-corrected chi connectivity index (χ3v) is 7.76. The molecule has 2 atom stereocenters. The topological polar surface area (TPSA) is 19.1 Å². The standard InChI is InChI=1S/C33H28N2O/c1-5-7-12-22(6-2)35-29-16-11-8-13-23(29)30-26-18-27(26)32-31(33(30)35)24-14-9-10-15-28(24)34(32)20(3)25-17-21(25)19-36-4/h5-18,21,27H,1,3,19H2,2,4H3/b12-7-,22-6+/t21-,27?/m0/s1. The Labute approximate surface area is 211 Å². The minimum atomic E-state index is 0.314. The Morgan fingerprint density at radius 2 is 1.67 bits per heavy atom. The second-order valence-electron chi connectivity index (χ2n) is 9.73. The summed E-state index contributed by atoms with van der Waals surface area (Å²) in [5, 5.41) is 2.57. The number of fused-ring (bicyclic) bond motifs is 10. The van der Waals surface area contributed by atoms with Crippen LogP contribution in [0.15, 0.2) is 104 Å². The highest BCUT2D eigenvalue weighted by Gasteiger charge is 2.45. The largest absolute Gasteiger partial charge is 0.384 e. The van der Waals surface area contributed by atoms with Crippen LogP contribution in [0.25, 0.3) is 50.0 Å². The fraction of sp³-hybridized carbons (Fsp3) is 0.152. The molecule has 36 heavy (non-hydrogen) atoms. The first-order valence-electron chi connectivity index (χ1n) is 12.5. The molecule has 3 heteroatoms. The van der Waals surface area contributed by atoms with Gasteiger partial charge in [-0.15, -0.1) is 0 Å². The summed E-state index contributed by atoms with van der Waals surface area (Å²) in [6, 6.07) is 17.6. The number of hydrogen-bond acceptors (Lipinski definition) is 1. The molecule has 2 aromatic carbocycles. The average Bonchev–Trinajstić information content (AvgIpc) is 3.81. The van der Waals surface area contributed by atoms with Gasteiger partial charge in [-0.1, -0.05) is 79.9 Å². The van der Waals surface area contributed by atoms with E-state index in [0.29, 0.717) is 18.4 Å². The van der Waals surface area contributed by atoms with E-state index < -0.39 is 0 Å². The molecule has 2 heterocycles. The molecule has 0 spiro atoms. The fourth-order valence-electron chi connectivity index (χ4n) is 6.12. The fourth-order valence-corrected chi connectivity index (χ4v) is 6.12. The van der Waals surface area contributed by atoms with Crippen LogP contribution < -0.4 is 0 Å². The Hall–Kier alpha value is -4.08. The first kappa shape index (κ1) is 21.2. The van der Waals surface area contributed by atoms with E-state index in [-0.39, 0.29) is 0 Å². The normalized spacial score (nSPS) is 19.7. The number of rotatable bonds is 7. The van der Waals surface area contributed by atoms with Gasteiger partial charge in [0.15, 0.2) is 0 Å². The lowest BCUT2D eigenvalue weighted by atomic mass is 9.91. The van der Waals surface area contributed by atoms with E-state index >= 15 is 0 Å². The van der Waals surface area contributed by atoms with Gasteiger partial charge in [0, 0.05) is 57.9 Å². The molecular formula is C33H28N2O. The zero-order chi connectivity index (χ0) is 24.6. The molecule has 4 aromatic rings. The lowest BCUT2D eigenvalue weighted by molar-refractivity contribution is 0.191. The van der Waals surface area contributed by atoms with Crippen LogP contribution in [0.1, 0.15) is 24.1 Å². The molecule has 7 rings (SSSR count). The average molecular weight is 469 g/mol. The zero-order valence-corrected chi connectivity index (χ0v) is 20.7. The molecule has 0 saturated heterocycles. The van der Waals surface area contributed by atoms with E-state index in [1.54, 1.807) is 7.11 Å². The highest BCUT2D eigenvalue weighted by molar-refractivity contribution is 6.16. The minimum Gasteiger partial charge on any atom is -0.384 e. The number of aromatic nitrogens is 2. The van der Waals surface area contributed by atoms with Gasteiger partial charge in [0.05, 0.1) is 23.3 Å². The maximum absolute atomic E-state index is 5.42. The van der Waals surface area contributed by atoms with Crippen LogP contribution in [0, 0.1) is 5.92 Å². The molecule has 0 bridgehead atoms. The Balaban J connectivity index is 1.56. The van der Waals surface area contributed by atoms with Crippen molar-refractivity contribution in [3.63, 3.8) is 0 Å². The number of methoxy groups -OCH3 is 1. The first-order chi connectivity index (χ1) is 17.7. The van der Waals surface area contributed by atoms with Crippen molar-refractivity contribution in [2.24, 2.45) is 5.92 Å². The summed E-state index contributed by atoms with van der Waals surface area (Å²) in [5.41, 5.74) is 12.6. The molecule has 3 aliphatic rings. The number of para-hydroxylation sites is 2. The van der Waals surface area contributed by atoms with Crippen LogP contribution in [0.5, 0.6) is 0 Å². The van der Waals surface area contributed by atoms with E-state index in [1.807, 2.05) is 12.2 Å². The highest BCUT2D eigenvalue weighted by Crippen LogP contribution is 2.62. The summed E-state index contributed by atoms with van der Waals surface area (Å²) < 4.78 is 10.3. The quantitative estimate of drug-likeness (QED) is 0.251. The number of benzene rings is 2. The van der Waals surface area contributed by atoms with E-state index in [0.717, 1.165) is 11.4 Å². The Morgan fingerprint density at radius 1 is 0.972 bits per heavy atom. The van der Waals surface area contributed by atoms with Crippen LogP contribution in [-0.4, -0.2) is 22.9 Å². The lowest BCUT2D eigenvalue weighted by Gasteiger charge is -2.20. The van der Waals surface area contributed by atoms with Crippen molar-refractivity contribution in [3.05, 3.63) is 115 Å². The van der Waals surface area contributed by atoms with Crippen LogP contribution in [0.2, 0.25) is 0 Å². The number of nitrogens with zero attached hydrogens (tertiary/aromatic N) is 2. The molecule has 0 fully saturated rings. The first-order valence-corrected chi connectivity index (χ1v) is 12.5. The maximum Gasteiger partial charge on any atom is 0.0641 e. The van der Waals surface area contributed by atoms with Crippen molar-refractivity contribution in [2.75, 3.05) is 13.7 Å². The molecule has 0 saturated carbocycles. The van der Waals surface area contributed by atoms with Gasteiger partial charge in [0.25, 0.3) is 0 Å². The highest BCUT2D eigenvalue weighted by atomic mass is 16.5. The second kappa shape index (κ2) is 7.71. The molecule has 176 valence electrons. The smallest absolute Gasteiger partial charge is 0.0641 e. The number of allylic oxidation sites excluding steroid dienone is 8. The predicted molar refractivity (Wildman–Crippen MR) is 152 cm³/mol. The van der Waals surface area contributed by atoms with Crippen LogP contribution in [0.4, 0.5) is 0 Å². The molecular weight excluding hydrogens is 440 g/mol. The third kappa shape index (κ3) is 2.78. The molecule has 2 aromatic heterocycles. The van der Waals surface area contributed by atoms with E-state index in [4.69, 9.17) is 4.74 Å². The molecule has 3 nitrogen and oxygen atoms in total.